The van der Waals surface area contributed by atoms with Gasteiger partial charge in [0.2, 0.25) is 0 Å². The van der Waals surface area contributed by atoms with Crippen LogP contribution < -0.4 is 10.5 Å². The maximum atomic E-state index is 13.9. The number of likely N-dealkylation sites (N-methyl/N-ethyl adjacent to an activating group) is 1. The Bertz CT molecular complexity index is 1270. The number of carbonyl (C=O) groups excluding carboxylic acids is 1. The highest BCUT2D eigenvalue weighted by Gasteiger charge is 2.60. The van der Waals surface area contributed by atoms with Gasteiger partial charge in [0.05, 0.1) is 6.10 Å². The van der Waals surface area contributed by atoms with Crippen LogP contribution in [0.3, 0.4) is 0 Å². The standard InChI is InChI=1S/C22H21ClFN3O3.C2HF3O2/c1-27-20(29)22(26-21(27)25)16-4-3-15(28)10-19(16)30-18-5-2-11(8-17(18)22)12-6-13(23)9-14(24)7-12;3-2(4,5)1(6)7/h2,5-9,15-16,19,28H,3-4,10H2,1H3,(H2,25,26);(H,6,7). The molecule has 4 N–H and O–H groups in total. The van der Waals surface area contributed by atoms with E-state index in [4.69, 9.17) is 32.0 Å². The fourth-order valence-electron chi connectivity index (χ4n) is 4.99. The first-order valence-electron chi connectivity index (χ1n) is 11.1. The molecule has 1 fully saturated rings. The molecule has 0 radical (unpaired) electrons. The van der Waals surface area contributed by atoms with Crippen LogP contribution in [0.2, 0.25) is 5.02 Å². The van der Waals surface area contributed by atoms with Crippen LogP contribution in [0, 0.1) is 11.7 Å². The van der Waals surface area contributed by atoms with Crippen molar-refractivity contribution in [2.24, 2.45) is 16.6 Å². The summed E-state index contributed by atoms with van der Waals surface area (Å²) in [6.07, 6.45) is -4.33. The molecule has 13 heteroatoms. The molecule has 2 aromatic rings. The Morgan fingerprint density at radius 2 is 1.89 bits per heavy atom. The molecule has 5 rings (SSSR count). The van der Waals surface area contributed by atoms with E-state index in [9.17, 15) is 27.5 Å². The number of amides is 1. The van der Waals surface area contributed by atoms with Crippen molar-refractivity contribution in [1.29, 1.82) is 0 Å². The average molecular weight is 544 g/mol. The normalized spacial score (nSPS) is 26.5. The molecule has 198 valence electrons. The molecule has 2 aliphatic heterocycles. The predicted octanol–water partition coefficient (Wildman–Crippen LogP) is 3.68. The van der Waals surface area contributed by atoms with Crippen LogP contribution in [0.25, 0.3) is 11.1 Å². The first-order chi connectivity index (χ1) is 17.2. The maximum Gasteiger partial charge on any atom is 0.490 e. The summed E-state index contributed by atoms with van der Waals surface area (Å²) in [5.74, 6) is -3.00. The summed E-state index contributed by atoms with van der Waals surface area (Å²) in [6.45, 7) is 0. The van der Waals surface area contributed by atoms with E-state index < -0.39 is 29.6 Å². The Morgan fingerprint density at radius 1 is 1.22 bits per heavy atom. The van der Waals surface area contributed by atoms with Crippen molar-refractivity contribution in [1.82, 2.24) is 4.90 Å². The lowest BCUT2D eigenvalue weighted by Gasteiger charge is -2.46. The summed E-state index contributed by atoms with van der Waals surface area (Å²) in [5.41, 5.74) is 6.75. The third kappa shape index (κ3) is 4.82. The number of carboxylic acids is 1. The number of ether oxygens (including phenoxy) is 1. The molecule has 1 aliphatic carbocycles. The van der Waals surface area contributed by atoms with Crippen molar-refractivity contribution in [2.45, 2.75) is 43.2 Å². The van der Waals surface area contributed by atoms with Gasteiger partial charge in [-0.05, 0) is 54.3 Å². The van der Waals surface area contributed by atoms with E-state index in [1.54, 1.807) is 25.2 Å². The summed E-state index contributed by atoms with van der Waals surface area (Å²) in [5, 5.41) is 17.6. The summed E-state index contributed by atoms with van der Waals surface area (Å²) < 4.78 is 51.9. The Kier molecular flexibility index (Phi) is 6.84. The van der Waals surface area contributed by atoms with Crippen molar-refractivity contribution in [3.05, 3.63) is 52.8 Å². The number of aliphatic imine (C=N–C) groups is 1. The van der Waals surface area contributed by atoms with Crippen molar-refractivity contribution in [2.75, 3.05) is 7.05 Å². The van der Waals surface area contributed by atoms with Gasteiger partial charge in [-0.1, -0.05) is 17.7 Å². The number of nitrogens with zero attached hydrogens (tertiary/aromatic N) is 2. The maximum absolute atomic E-state index is 13.9. The Labute approximate surface area is 213 Å². The number of carbonyl (C=O) groups is 2. The SMILES string of the molecule is CN1C(=O)C2(N=C1N)c1cc(-c3cc(F)cc(Cl)c3)ccc1OC1CC(O)CCC12.O=C(O)C(F)(F)F. The van der Waals surface area contributed by atoms with Crippen LogP contribution in [0.5, 0.6) is 5.75 Å². The second kappa shape index (κ2) is 9.49. The molecule has 4 atom stereocenters. The van der Waals surface area contributed by atoms with Crippen molar-refractivity contribution < 1.29 is 42.1 Å². The van der Waals surface area contributed by atoms with Gasteiger partial charge in [0, 0.05) is 30.0 Å². The number of guanidine groups is 1. The van der Waals surface area contributed by atoms with E-state index >= 15 is 0 Å². The second-order valence-electron chi connectivity index (χ2n) is 9.00. The first-order valence-corrected chi connectivity index (χ1v) is 11.5. The van der Waals surface area contributed by atoms with Gasteiger partial charge in [-0.25, -0.2) is 14.2 Å². The van der Waals surface area contributed by atoms with E-state index in [0.717, 1.165) is 0 Å². The van der Waals surface area contributed by atoms with E-state index in [1.165, 1.54) is 17.0 Å². The third-order valence-electron chi connectivity index (χ3n) is 6.67. The fourth-order valence-corrected chi connectivity index (χ4v) is 5.21. The van der Waals surface area contributed by atoms with E-state index in [-0.39, 0.29) is 28.9 Å². The van der Waals surface area contributed by atoms with Crippen LogP contribution >= 0.6 is 11.6 Å². The number of alkyl halides is 3. The van der Waals surface area contributed by atoms with Crippen LogP contribution in [-0.2, 0) is 15.1 Å². The zero-order valence-electron chi connectivity index (χ0n) is 19.3. The largest absolute Gasteiger partial charge is 0.490 e. The van der Waals surface area contributed by atoms with Crippen LogP contribution in [0.15, 0.2) is 41.4 Å². The predicted molar refractivity (Wildman–Crippen MR) is 124 cm³/mol. The highest BCUT2D eigenvalue weighted by molar-refractivity contribution is 6.30. The highest BCUT2D eigenvalue weighted by atomic mass is 35.5. The monoisotopic (exact) mass is 543 g/mol. The molecule has 8 nitrogen and oxygen atoms in total. The summed E-state index contributed by atoms with van der Waals surface area (Å²) in [6, 6.07) is 9.68. The number of hydrogen-bond donors (Lipinski definition) is 3. The number of hydrogen-bond acceptors (Lipinski definition) is 6. The first kappa shape index (κ1) is 26.7. The number of aliphatic hydroxyl groups excluding tert-OH is 1. The molecule has 2 heterocycles. The molecule has 4 unspecified atom stereocenters. The number of halogens is 5. The lowest BCUT2D eigenvalue weighted by Crippen LogP contribution is -2.55. The Hall–Kier alpha value is -3.38. The zero-order valence-corrected chi connectivity index (χ0v) is 20.1. The summed E-state index contributed by atoms with van der Waals surface area (Å²) in [4.78, 5) is 28.4. The lowest BCUT2D eigenvalue weighted by molar-refractivity contribution is -0.192. The number of rotatable bonds is 1. The van der Waals surface area contributed by atoms with Crippen molar-refractivity contribution >= 4 is 29.4 Å². The molecule has 0 saturated heterocycles. The summed E-state index contributed by atoms with van der Waals surface area (Å²) in [7, 11) is 1.61. The molecule has 37 heavy (non-hydrogen) atoms. The lowest BCUT2D eigenvalue weighted by atomic mass is 9.67. The topological polar surface area (TPSA) is 125 Å². The number of aliphatic hydroxyl groups is 1. The molecule has 0 aromatic heterocycles. The molecule has 1 spiro atoms. The average Bonchev–Trinajstić information content (AvgIpc) is 3.02. The highest BCUT2D eigenvalue weighted by Crippen LogP contribution is 2.53. The van der Waals surface area contributed by atoms with Gasteiger partial charge in [-0.15, -0.1) is 0 Å². The zero-order chi connectivity index (χ0) is 27.3. The molecule has 2 aromatic carbocycles. The smallest absolute Gasteiger partial charge is 0.490 e. The number of nitrogens with two attached hydrogens (primary N) is 1. The van der Waals surface area contributed by atoms with Gasteiger partial charge in [-0.3, -0.25) is 9.69 Å². The van der Waals surface area contributed by atoms with Crippen LogP contribution in [0.1, 0.15) is 24.8 Å². The van der Waals surface area contributed by atoms with Gasteiger partial charge in [-0.2, -0.15) is 13.2 Å². The van der Waals surface area contributed by atoms with Crippen molar-refractivity contribution in [3.8, 4) is 16.9 Å². The van der Waals surface area contributed by atoms with Gasteiger partial charge in [0.25, 0.3) is 5.91 Å². The minimum absolute atomic E-state index is 0.150. The van der Waals surface area contributed by atoms with Gasteiger partial charge in [0.1, 0.15) is 17.7 Å². The quantitative estimate of drug-likeness (QED) is 0.471. The Balaban J connectivity index is 0.000000405. The molecular weight excluding hydrogens is 522 g/mol. The molecule has 1 amide bonds. The van der Waals surface area contributed by atoms with E-state index in [0.29, 0.717) is 41.7 Å². The minimum Gasteiger partial charge on any atom is -0.490 e. The fraction of sp³-hybridized carbons (Fsp3) is 0.375. The number of benzene rings is 2. The van der Waals surface area contributed by atoms with Gasteiger partial charge >= 0.3 is 12.1 Å². The summed E-state index contributed by atoms with van der Waals surface area (Å²) >= 11 is 6.04. The third-order valence-corrected chi connectivity index (χ3v) is 6.89. The molecule has 0 bridgehead atoms. The van der Waals surface area contributed by atoms with Crippen molar-refractivity contribution in [3.63, 3.8) is 0 Å². The van der Waals surface area contributed by atoms with E-state index in [1.807, 2.05) is 6.07 Å². The minimum atomic E-state index is -5.08. The molecule has 3 aliphatic rings. The number of carboxylic acid groups (broad SMARTS) is 1. The van der Waals surface area contributed by atoms with E-state index in [2.05, 4.69) is 4.99 Å². The molecular formula is C24H22ClF4N3O5. The van der Waals surface area contributed by atoms with Gasteiger partial charge < -0.3 is 20.7 Å². The number of aliphatic carboxylic acids is 1. The second-order valence-corrected chi connectivity index (χ2v) is 9.44. The molecule has 1 saturated carbocycles. The van der Waals surface area contributed by atoms with Crippen LogP contribution in [-0.4, -0.2) is 58.4 Å². The van der Waals surface area contributed by atoms with Crippen LogP contribution in [0.4, 0.5) is 17.6 Å². The number of fused-ring (bicyclic) bond motifs is 4. The Morgan fingerprint density at radius 3 is 2.46 bits per heavy atom. The van der Waals surface area contributed by atoms with Gasteiger partial charge in [0.15, 0.2) is 11.5 Å².